The summed E-state index contributed by atoms with van der Waals surface area (Å²) in [5.41, 5.74) is 6.31. The van der Waals surface area contributed by atoms with Gasteiger partial charge < -0.3 is 25.8 Å². The minimum absolute atomic E-state index is 0.0206. The number of imidazole rings is 1. The minimum atomic E-state index is -1.28. The van der Waals surface area contributed by atoms with E-state index in [-0.39, 0.29) is 17.5 Å². The van der Waals surface area contributed by atoms with E-state index in [0.29, 0.717) is 5.52 Å². The third kappa shape index (κ3) is 2.60. The second-order valence-electron chi connectivity index (χ2n) is 6.99. The second-order valence-corrected chi connectivity index (χ2v) is 6.99. The number of ether oxygens (including phenoxy) is 1. The van der Waals surface area contributed by atoms with E-state index in [1.165, 1.54) is 15.5 Å². The van der Waals surface area contributed by atoms with Crippen molar-refractivity contribution < 1.29 is 20.1 Å². The number of nitrogens with two attached hydrogens (primary N) is 1. The molecule has 2 fully saturated rings. The number of fused-ring (bicyclic) bond motifs is 1. The lowest BCUT2D eigenvalue weighted by molar-refractivity contribution is -0.0511. The first kappa shape index (κ1) is 17.4. The van der Waals surface area contributed by atoms with E-state index >= 15 is 0 Å². The van der Waals surface area contributed by atoms with E-state index in [1.807, 2.05) is 0 Å². The molecule has 2 aromatic rings. The van der Waals surface area contributed by atoms with Gasteiger partial charge in [0.15, 0.2) is 11.9 Å². The molecule has 26 heavy (non-hydrogen) atoms. The van der Waals surface area contributed by atoms with Crippen LogP contribution in [0.5, 0.6) is 0 Å². The van der Waals surface area contributed by atoms with Gasteiger partial charge in [0.25, 0.3) is 0 Å². The fourth-order valence-electron chi connectivity index (χ4n) is 4.00. The first-order valence-electron chi connectivity index (χ1n) is 8.90. The van der Waals surface area contributed by atoms with Crippen LogP contribution in [-0.4, -0.2) is 59.3 Å². The normalized spacial score (nSPS) is 30.3. The summed E-state index contributed by atoms with van der Waals surface area (Å²) >= 11 is 0. The van der Waals surface area contributed by atoms with Gasteiger partial charge in [0.1, 0.15) is 29.6 Å². The van der Waals surface area contributed by atoms with Crippen LogP contribution in [0.25, 0.3) is 11.2 Å². The van der Waals surface area contributed by atoms with Crippen LogP contribution in [0, 0.1) is 0 Å². The van der Waals surface area contributed by atoms with Gasteiger partial charge in [0, 0.05) is 6.04 Å². The summed E-state index contributed by atoms with van der Waals surface area (Å²) in [7, 11) is 0. The molecule has 1 aliphatic heterocycles. The third-order valence-corrected chi connectivity index (χ3v) is 5.41. The van der Waals surface area contributed by atoms with Gasteiger partial charge in [-0.25, -0.2) is 9.78 Å². The third-order valence-electron chi connectivity index (χ3n) is 5.41. The summed E-state index contributed by atoms with van der Waals surface area (Å²) in [6, 6.07) is 0.0206. The smallest absolute Gasteiger partial charge is 0.351 e. The van der Waals surface area contributed by atoms with Gasteiger partial charge in [-0.2, -0.15) is 4.98 Å². The number of rotatable bonds is 3. The van der Waals surface area contributed by atoms with Crippen molar-refractivity contribution in [2.75, 3.05) is 12.3 Å². The molecule has 10 heteroatoms. The van der Waals surface area contributed by atoms with E-state index in [9.17, 15) is 20.1 Å². The van der Waals surface area contributed by atoms with Crippen LogP contribution in [-0.2, 0) is 4.74 Å². The molecule has 0 bridgehead atoms. The highest BCUT2D eigenvalue weighted by molar-refractivity contribution is 5.81. The fourth-order valence-corrected chi connectivity index (χ4v) is 4.00. The zero-order valence-corrected chi connectivity index (χ0v) is 14.2. The highest BCUT2D eigenvalue weighted by atomic mass is 16.6. The van der Waals surface area contributed by atoms with Gasteiger partial charge in [0.05, 0.1) is 12.9 Å². The number of hydrogen-bond acceptors (Lipinski definition) is 8. The summed E-state index contributed by atoms with van der Waals surface area (Å²) in [5, 5.41) is 29.4. The lowest BCUT2D eigenvalue weighted by Gasteiger charge is -2.25. The maximum absolute atomic E-state index is 12.6. The Bertz CT molecular complexity index is 859. The lowest BCUT2D eigenvalue weighted by Crippen LogP contribution is -2.33. The summed E-state index contributed by atoms with van der Waals surface area (Å²) in [5.74, 6) is 0.248. The highest BCUT2D eigenvalue weighted by Gasteiger charge is 2.44. The molecule has 10 nitrogen and oxygen atoms in total. The molecule has 2 aromatic heterocycles. The molecule has 5 N–H and O–H groups in total. The SMILES string of the molecule is Nc1c2ncn([C@@H]3O[C@H](CO)[C@@H](O)[C@H]3O)c2nc(=O)n1C1CCCCC1. The van der Waals surface area contributed by atoms with Gasteiger partial charge >= 0.3 is 5.69 Å². The molecule has 0 amide bonds. The van der Waals surface area contributed by atoms with Crippen LogP contribution in [0.15, 0.2) is 11.1 Å². The summed E-state index contributed by atoms with van der Waals surface area (Å²) in [6.45, 7) is -0.439. The fraction of sp³-hybridized carbons (Fsp3) is 0.688. The van der Waals surface area contributed by atoms with Gasteiger partial charge in [-0.15, -0.1) is 0 Å². The Labute approximate surface area is 148 Å². The van der Waals surface area contributed by atoms with Gasteiger partial charge in [0.2, 0.25) is 0 Å². The van der Waals surface area contributed by atoms with Crippen molar-refractivity contribution in [3.63, 3.8) is 0 Å². The monoisotopic (exact) mass is 365 g/mol. The van der Waals surface area contributed by atoms with Crippen LogP contribution in [0.3, 0.4) is 0 Å². The van der Waals surface area contributed by atoms with Crippen molar-refractivity contribution in [1.29, 1.82) is 0 Å². The molecule has 0 aromatic carbocycles. The van der Waals surface area contributed by atoms with Gasteiger partial charge in [-0.3, -0.25) is 9.13 Å². The first-order chi connectivity index (χ1) is 12.5. The standard InChI is InChI=1S/C16H23N5O5/c17-13-10-14(19-16(25)21(13)8-4-2-1-3-5-8)20(7-18-10)15-12(24)11(23)9(6-22)26-15/h7-9,11-12,15,22-24H,1-6,17H2/t9-,11-,12-,15-/m1/s1. The highest BCUT2D eigenvalue weighted by Crippen LogP contribution is 2.33. The van der Waals surface area contributed by atoms with Crippen molar-refractivity contribution in [3.8, 4) is 0 Å². The van der Waals surface area contributed by atoms with Crippen molar-refractivity contribution >= 4 is 17.0 Å². The molecule has 1 saturated heterocycles. The Morgan fingerprint density at radius 2 is 1.96 bits per heavy atom. The van der Waals surface area contributed by atoms with Crippen molar-refractivity contribution in [2.45, 2.75) is 62.7 Å². The number of nitrogen functional groups attached to an aromatic ring is 1. The van der Waals surface area contributed by atoms with Crippen molar-refractivity contribution in [2.24, 2.45) is 0 Å². The molecule has 0 radical (unpaired) electrons. The predicted octanol–water partition coefficient (Wildman–Crippen LogP) is -0.708. The largest absolute Gasteiger partial charge is 0.394 e. The van der Waals surface area contributed by atoms with E-state index in [4.69, 9.17) is 10.5 Å². The number of aromatic nitrogens is 4. The molecular weight excluding hydrogens is 342 g/mol. The summed E-state index contributed by atoms with van der Waals surface area (Å²) < 4.78 is 8.38. The summed E-state index contributed by atoms with van der Waals surface area (Å²) in [4.78, 5) is 21.0. The number of anilines is 1. The van der Waals surface area contributed by atoms with Crippen LogP contribution < -0.4 is 11.4 Å². The average Bonchev–Trinajstić information content (AvgIpc) is 3.18. The first-order valence-corrected chi connectivity index (χ1v) is 8.90. The molecule has 0 spiro atoms. The Morgan fingerprint density at radius 3 is 2.62 bits per heavy atom. The number of hydrogen-bond donors (Lipinski definition) is 4. The van der Waals surface area contributed by atoms with Crippen LogP contribution in [0.2, 0.25) is 0 Å². The van der Waals surface area contributed by atoms with Crippen molar-refractivity contribution in [1.82, 2.24) is 19.1 Å². The number of nitrogens with zero attached hydrogens (tertiary/aromatic N) is 4. The topological polar surface area (TPSA) is 149 Å². The molecule has 3 heterocycles. The maximum Gasteiger partial charge on any atom is 0.351 e. The Kier molecular flexibility index (Phi) is 4.43. The Hall–Kier alpha value is -2.01. The Morgan fingerprint density at radius 1 is 1.23 bits per heavy atom. The molecule has 4 rings (SSSR count). The van der Waals surface area contributed by atoms with E-state index in [2.05, 4.69) is 9.97 Å². The quantitative estimate of drug-likeness (QED) is 0.557. The second kappa shape index (κ2) is 6.62. The molecule has 4 atom stereocenters. The van der Waals surface area contributed by atoms with Crippen LogP contribution in [0.4, 0.5) is 5.82 Å². The molecule has 2 aliphatic rings. The van der Waals surface area contributed by atoms with E-state index in [1.54, 1.807) is 0 Å². The number of aliphatic hydroxyl groups is 3. The van der Waals surface area contributed by atoms with Gasteiger partial charge in [-0.05, 0) is 12.8 Å². The zero-order chi connectivity index (χ0) is 18.4. The Balaban J connectivity index is 1.77. The molecule has 1 saturated carbocycles. The average molecular weight is 365 g/mol. The molecule has 1 aliphatic carbocycles. The molecule has 142 valence electrons. The molecule has 0 unspecified atom stereocenters. The minimum Gasteiger partial charge on any atom is -0.394 e. The summed E-state index contributed by atoms with van der Waals surface area (Å²) in [6.07, 6.45) is 1.92. The van der Waals surface area contributed by atoms with E-state index in [0.717, 1.165) is 32.1 Å². The number of aliphatic hydroxyl groups excluding tert-OH is 3. The lowest BCUT2D eigenvalue weighted by atomic mass is 9.95. The van der Waals surface area contributed by atoms with E-state index < -0.39 is 36.8 Å². The maximum atomic E-state index is 12.6. The zero-order valence-electron chi connectivity index (χ0n) is 14.2. The predicted molar refractivity (Wildman–Crippen MR) is 91.3 cm³/mol. The van der Waals surface area contributed by atoms with Gasteiger partial charge in [-0.1, -0.05) is 19.3 Å². The van der Waals surface area contributed by atoms with Crippen molar-refractivity contribution in [3.05, 3.63) is 16.8 Å². The van der Waals surface area contributed by atoms with Crippen LogP contribution in [0.1, 0.15) is 44.4 Å². The molecular formula is C16H23N5O5. The van der Waals surface area contributed by atoms with Crippen LogP contribution >= 0.6 is 0 Å².